The van der Waals surface area contributed by atoms with Crippen LogP contribution in [0.1, 0.15) is 0 Å². The molecule has 0 atom stereocenters. The molecule has 0 bridgehead atoms. The highest BCUT2D eigenvalue weighted by atomic mass is 16.6. The molecule has 0 spiro atoms. The molecule has 1 fully saturated rings. The molecule has 0 amide bonds. The van der Waals surface area contributed by atoms with Crippen molar-refractivity contribution in [3.05, 3.63) is 40.6 Å². The smallest absolute Gasteiger partial charge is 0.270 e. The van der Waals surface area contributed by atoms with E-state index >= 15 is 0 Å². The molecule has 8 heteroatoms. The summed E-state index contributed by atoms with van der Waals surface area (Å²) in [6.45, 7) is 2.67. The first-order chi connectivity index (χ1) is 11.2. The minimum atomic E-state index is -0.435. The molecule has 2 heterocycles. The molecule has 120 valence electrons. The van der Waals surface area contributed by atoms with Gasteiger partial charge in [-0.1, -0.05) is 12.1 Å². The zero-order chi connectivity index (χ0) is 16.2. The van der Waals surface area contributed by atoms with Crippen molar-refractivity contribution in [2.24, 2.45) is 0 Å². The predicted octanol–water partition coefficient (Wildman–Crippen LogP) is 1.90. The summed E-state index contributed by atoms with van der Waals surface area (Å²) in [7, 11) is 1.57. The van der Waals surface area contributed by atoms with Crippen LogP contribution in [-0.4, -0.2) is 48.3 Å². The summed E-state index contributed by atoms with van der Waals surface area (Å²) in [4.78, 5) is 21.4. The summed E-state index contributed by atoms with van der Waals surface area (Å²) in [6.07, 6.45) is 1.59. The lowest BCUT2D eigenvalue weighted by Gasteiger charge is -2.28. The highest BCUT2D eigenvalue weighted by molar-refractivity contribution is 5.63. The van der Waals surface area contributed by atoms with Crippen molar-refractivity contribution in [3.8, 4) is 17.1 Å². The Morgan fingerprint density at radius 2 is 2.13 bits per heavy atom. The lowest BCUT2D eigenvalue weighted by molar-refractivity contribution is -0.384. The Morgan fingerprint density at radius 3 is 2.83 bits per heavy atom. The first-order valence-corrected chi connectivity index (χ1v) is 7.17. The van der Waals surface area contributed by atoms with Gasteiger partial charge in [0, 0.05) is 30.8 Å². The van der Waals surface area contributed by atoms with Crippen molar-refractivity contribution >= 4 is 11.5 Å². The summed E-state index contributed by atoms with van der Waals surface area (Å²) < 4.78 is 10.7. The van der Waals surface area contributed by atoms with Crippen molar-refractivity contribution in [1.29, 1.82) is 0 Å². The normalized spacial score (nSPS) is 14.6. The second kappa shape index (κ2) is 6.57. The third-order valence-corrected chi connectivity index (χ3v) is 3.58. The third kappa shape index (κ3) is 3.21. The van der Waals surface area contributed by atoms with E-state index in [0.29, 0.717) is 49.3 Å². The Labute approximate surface area is 132 Å². The zero-order valence-corrected chi connectivity index (χ0v) is 12.6. The van der Waals surface area contributed by atoms with Gasteiger partial charge in [0.2, 0.25) is 0 Å². The number of benzene rings is 1. The standard InChI is InChI=1S/C15H16N4O4/c1-22-13-10-16-14(11-3-2-4-12(9-11)19(20)21)17-15(13)18-5-7-23-8-6-18/h2-4,9-10H,5-8H2,1H3. The van der Waals surface area contributed by atoms with Crippen LogP contribution in [-0.2, 0) is 4.74 Å². The van der Waals surface area contributed by atoms with Gasteiger partial charge in [0.25, 0.3) is 5.69 Å². The quantitative estimate of drug-likeness (QED) is 0.628. The van der Waals surface area contributed by atoms with Crippen molar-refractivity contribution in [2.45, 2.75) is 0 Å². The second-order valence-electron chi connectivity index (χ2n) is 4.99. The molecule has 8 nitrogen and oxygen atoms in total. The Hall–Kier alpha value is -2.74. The maximum Gasteiger partial charge on any atom is 0.270 e. The summed E-state index contributed by atoms with van der Waals surface area (Å²) in [6, 6.07) is 6.27. The van der Waals surface area contributed by atoms with Crippen LogP contribution in [0, 0.1) is 10.1 Å². The molecule has 0 unspecified atom stereocenters. The Balaban J connectivity index is 2.00. The van der Waals surface area contributed by atoms with Crippen LogP contribution in [0.15, 0.2) is 30.5 Å². The predicted molar refractivity (Wildman–Crippen MR) is 83.7 cm³/mol. The molecule has 0 N–H and O–H groups in total. The molecule has 1 aliphatic rings. The van der Waals surface area contributed by atoms with Gasteiger partial charge in [-0.15, -0.1) is 0 Å². The molecule has 3 rings (SSSR count). The summed E-state index contributed by atoms with van der Waals surface area (Å²) in [5, 5.41) is 10.9. The van der Waals surface area contributed by atoms with Gasteiger partial charge in [0.05, 0.1) is 31.4 Å². The van der Waals surface area contributed by atoms with Crippen LogP contribution in [0.3, 0.4) is 0 Å². The van der Waals surface area contributed by atoms with E-state index in [0.717, 1.165) is 0 Å². The van der Waals surface area contributed by atoms with Gasteiger partial charge in [-0.25, -0.2) is 9.97 Å². The van der Waals surface area contributed by atoms with E-state index in [4.69, 9.17) is 9.47 Å². The molecule has 23 heavy (non-hydrogen) atoms. The minimum Gasteiger partial charge on any atom is -0.491 e. The second-order valence-corrected chi connectivity index (χ2v) is 4.99. The number of hydrogen-bond acceptors (Lipinski definition) is 7. The molecule has 1 aliphatic heterocycles. The monoisotopic (exact) mass is 316 g/mol. The van der Waals surface area contributed by atoms with Gasteiger partial charge in [-0.05, 0) is 0 Å². The van der Waals surface area contributed by atoms with E-state index < -0.39 is 4.92 Å². The molecule has 0 aliphatic carbocycles. The third-order valence-electron chi connectivity index (χ3n) is 3.58. The molecular formula is C15H16N4O4. The molecule has 0 saturated carbocycles. The largest absolute Gasteiger partial charge is 0.491 e. The number of nitro benzene ring substituents is 1. The van der Waals surface area contributed by atoms with Crippen molar-refractivity contribution in [2.75, 3.05) is 38.3 Å². The number of rotatable bonds is 4. The summed E-state index contributed by atoms with van der Waals surface area (Å²) in [5.74, 6) is 1.67. The van der Waals surface area contributed by atoms with Crippen LogP contribution in [0.25, 0.3) is 11.4 Å². The number of anilines is 1. The van der Waals surface area contributed by atoms with E-state index in [1.165, 1.54) is 12.1 Å². The maximum atomic E-state index is 10.9. The van der Waals surface area contributed by atoms with E-state index in [2.05, 4.69) is 14.9 Å². The van der Waals surface area contributed by atoms with Crippen molar-refractivity contribution in [3.63, 3.8) is 0 Å². The van der Waals surface area contributed by atoms with Crippen LogP contribution < -0.4 is 9.64 Å². The summed E-state index contributed by atoms with van der Waals surface area (Å²) in [5.41, 5.74) is 0.603. The van der Waals surface area contributed by atoms with Crippen LogP contribution in [0.5, 0.6) is 5.75 Å². The van der Waals surface area contributed by atoms with Gasteiger partial charge in [0.15, 0.2) is 17.4 Å². The molecule has 1 saturated heterocycles. The van der Waals surface area contributed by atoms with Gasteiger partial charge >= 0.3 is 0 Å². The number of morpholine rings is 1. The van der Waals surface area contributed by atoms with Crippen LogP contribution in [0.4, 0.5) is 11.5 Å². The molecule has 2 aromatic rings. The van der Waals surface area contributed by atoms with Gasteiger partial charge < -0.3 is 14.4 Å². The Bertz CT molecular complexity index is 716. The van der Waals surface area contributed by atoms with Crippen LogP contribution in [0.2, 0.25) is 0 Å². The first kappa shape index (κ1) is 15.2. The Kier molecular flexibility index (Phi) is 4.33. The van der Waals surface area contributed by atoms with Gasteiger partial charge in [0.1, 0.15) is 0 Å². The van der Waals surface area contributed by atoms with Crippen molar-refractivity contribution in [1.82, 2.24) is 9.97 Å². The van der Waals surface area contributed by atoms with Crippen LogP contribution >= 0.6 is 0 Å². The van der Waals surface area contributed by atoms with E-state index in [9.17, 15) is 10.1 Å². The number of hydrogen-bond donors (Lipinski definition) is 0. The van der Waals surface area contributed by atoms with E-state index in [1.54, 1.807) is 25.4 Å². The van der Waals surface area contributed by atoms with Gasteiger partial charge in [-0.2, -0.15) is 0 Å². The lowest BCUT2D eigenvalue weighted by Crippen LogP contribution is -2.37. The number of nitrogens with zero attached hydrogens (tertiary/aromatic N) is 4. The van der Waals surface area contributed by atoms with E-state index in [-0.39, 0.29) is 5.69 Å². The molecular weight excluding hydrogens is 300 g/mol. The number of aromatic nitrogens is 2. The average molecular weight is 316 g/mol. The fraction of sp³-hybridized carbons (Fsp3) is 0.333. The SMILES string of the molecule is COc1cnc(-c2cccc([N+](=O)[O-])c2)nc1N1CCOCC1. The highest BCUT2D eigenvalue weighted by Crippen LogP contribution is 2.29. The number of ether oxygens (including phenoxy) is 2. The Morgan fingerprint density at radius 1 is 1.35 bits per heavy atom. The first-order valence-electron chi connectivity index (χ1n) is 7.17. The molecule has 1 aromatic heterocycles. The molecule has 0 radical (unpaired) electrons. The van der Waals surface area contributed by atoms with Gasteiger partial charge in [-0.3, -0.25) is 10.1 Å². The fourth-order valence-corrected chi connectivity index (χ4v) is 2.41. The average Bonchev–Trinajstić information content (AvgIpc) is 2.62. The summed E-state index contributed by atoms with van der Waals surface area (Å²) >= 11 is 0. The zero-order valence-electron chi connectivity index (χ0n) is 12.6. The topological polar surface area (TPSA) is 90.6 Å². The number of methoxy groups -OCH3 is 1. The maximum absolute atomic E-state index is 10.9. The fourth-order valence-electron chi connectivity index (χ4n) is 2.41. The molecule has 1 aromatic carbocycles. The van der Waals surface area contributed by atoms with E-state index in [1.807, 2.05) is 0 Å². The lowest BCUT2D eigenvalue weighted by atomic mass is 10.2. The minimum absolute atomic E-state index is 0.00911. The highest BCUT2D eigenvalue weighted by Gasteiger charge is 2.19. The number of non-ortho nitro benzene ring substituents is 1. The van der Waals surface area contributed by atoms with Crippen molar-refractivity contribution < 1.29 is 14.4 Å². The number of nitro groups is 1.